The normalized spacial score (nSPS) is 11.2. The van der Waals surface area contributed by atoms with Gasteiger partial charge in [-0.3, -0.25) is 4.79 Å². The van der Waals surface area contributed by atoms with Gasteiger partial charge in [0.1, 0.15) is 12.4 Å². The lowest BCUT2D eigenvalue weighted by Crippen LogP contribution is -2.12. The molecule has 0 aliphatic heterocycles. The van der Waals surface area contributed by atoms with E-state index in [1.165, 1.54) is 5.56 Å². The van der Waals surface area contributed by atoms with Gasteiger partial charge in [-0.1, -0.05) is 39.8 Å². The second-order valence-corrected chi connectivity index (χ2v) is 4.96. The number of Topliss-reactive ketones (excluding diaryl/α,β-unsaturated/α-hetero) is 1. The number of ether oxygens (including phenoxy) is 1. The van der Waals surface area contributed by atoms with Crippen molar-refractivity contribution in [3.8, 4) is 5.75 Å². The first-order chi connectivity index (χ1) is 7.43. The fourth-order valence-corrected chi connectivity index (χ4v) is 1.32. The summed E-state index contributed by atoms with van der Waals surface area (Å²) in [4.78, 5) is 11.1. The zero-order valence-corrected chi connectivity index (χ0v) is 10.5. The molecule has 0 atom stereocenters. The molecule has 0 unspecified atom stereocenters. The monoisotopic (exact) mass is 220 g/mol. The molecule has 0 saturated heterocycles. The minimum atomic E-state index is 0.105. The fraction of sp³-hybridized carbons (Fsp3) is 0.500. The predicted molar refractivity (Wildman–Crippen MR) is 65.9 cm³/mol. The van der Waals surface area contributed by atoms with Crippen LogP contribution < -0.4 is 4.74 Å². The molecule has 16 heavy (non-hydrogen) atoms. The third-order valence-electron chi connectivity index (χ3n) is 2.49. The lowest BCUT2D eigenvalue weighted by molar-refractivity contribution is -0.120. The van der Waals surface area contributed by atoms with Gasteiger partial charge in [0.25, 0.3) is 0 Å². The molecule has 2 heteroatoms. The number of benzene rings is 1. The van der Waals surface area contributed by atoms with Crippen LogP contribution in [0.15, 0.2) is 24.3 Å². The zero-order valence-electron chi connectivity index (χ0n) is 10.5. The van der Waals surface area contributed by atoms with Gasteiger partial charge in [0.15, 0.2) is 5.78 Å². The standard InChI is InChI=1S/C14H20O2/c1-5-12(15)10-16-13-8-6-7-11(9-13)14(2,3)4/h6-9H,5,10H2,1-4H3. The summed E-state index contributed by atoms with van der Waals surface area (Å²) in [6, 6.07) is 7.93. The summed E-state index contributed by atoms with van der Waals surface area (Å²) in [5, 5.41) is 0. The van der Waals surface area contributed by atoms with Crippen LogP contribution in [0.2, 0.25) is 0 Å². The van der Waals surface area contributed by atoms with E-state index in [1.807, 2.05) is 25.1 Å². The third-order valence-corrected chi connectivity index (χ3v) is 2.49. The highest BCUT2D eigenvalue weighted by Gasteiger charge is 2.13. The zero-order chi connectivity index (χ0) is 12.2. The summed E-state index contributed by atoms with van der Waals surface area (Å²) in [5.41, 5.74) is 1.32. The fourth-order valence-electron chi connectivity index (χ4n) is 1.32. The van der Waals surface area contributed by atoms with Crippen molar-refractivity contribution in [3.63, 3.8) is 0 Å². The Bertz CT molecular complexity index is 361. The number of hydrogen-bond acceptors (Lipinski definition) is 2. The lowest BCUT2D eigenvalue weighted by Gasteiger charge is -2.19. The summed E-state index contributed by atoms with van der Waals surface area (Å²) >= 11 is 0. The molecule has 0 radical (unpaired) electrons. The van der Waals surface area contributed by atoms with Crippen LogP contribution in [0.4, 0.5) is 0 Å². The summed E-state index contributed by atoms with van der Waals surface area (Å²) in [5.74, 6) is 0.899. The SMILES string of the molecule is CCC(=O)COc1cccc(C(C)(C)C)c1. The van der Waals surface area contributed by atoms with Gasteiger partial charge in [0, 0.05) is 6.42 Å². The van der Waals surface area contributed by atoms with Gasteiger partial charge in [-0.2, -0.15) is 0 Å². The van der Waals surface area contributed by atoms with Crippen molar-refractivity contribution in [2.24, 2.45) is 0 Å². The van der Waals surface area contributed by atoms with Gasteiger partial charge in [0.05, 0.1) is 0 Å². The average molecular weight is 220 g/mol. The maximum absolute atomic E-state index is 11.1. The van der Waals surface area contributed by atoms with E-state index in [1.54, 1.807) is 0 Å². The van der Waals surface area contributed by atoms with Gasteiger partial charge in [-0.25, -0.2) is 0 Å². The smallest absolute Gasteiger partial charge is 0.169 e. The highest BCUT2D eigenvalue weighted by atomic mass is 16.5. The Morgan fingerprint density at radius 2 is 2.00 bits per heavy atom. The molecule has 0 fully saturated rings. The highest BCUT2D eigenvalue weighted by Crippen LogP contribution is 2.25. The van der Waals surface area contributed by atoms with Crippen LogP contribution in [0.5, 0.6) is 5.75 Å². The van der Waals surface area contributed by atoms with Gasteiger partial charge in [-0.15, -0.1) is 0 Å². The third kappa shape index (κ3) is 3.69. The van der Waals surface area contributed by atoms with Gasteiger partial charge < -0.3 is 4.74 Å². The summed E-state index contributed by atoms with van der Waals surface area (Å²) in [6.45, 7) is 8.48. The van der Waals surface area contributed by atoms with E-state index in [-0.39, 0.29) is 17.8 Å². The molecule has 1 aromatic carbocycles. The van der Waals surface area contributed by atoms with Crippen molar-refractivity contribution >= 4 is 5.78 Å². The van der Waals surface area contributed by atoms with E-state index < -0.39 is 0 Å². The minimum Gasteiger partial charge on any atom is -0.486 e. The number of carbonyl (C=O) groups is 1. The maximum atomic E-state index is 11.1. The van der Waals surface area contributed by atoms with Crippen LogP contribution in [0.3, 0.4) is 0 Å². The average Bonchev–Trinajstić information content (AvgIpc) is 2.25. The molecule has 0 aromatic heterocycles. The molecule has 0 heterocycles. The molecule has 0 spiro atoms. The molecule has 88 valence electrons. The molecule has 0 aliphatic carbocycles. The number of ketones is 1. The Morgan fingerprint density at radius 1 is 1.31 bits per heavy atom. The summed E-state index contributed by atoms with van der Waals surface area (Å²) < 4.78 is 5.44. The first-order valence-electron chi connectivity index (χ1n) is 5.68. The molecule has 0 bridgehead atoms. The Labute approximate surface area is 97.6 Å². The van der Waals surface area contributed by atoms with Crippen LogP contribution in [-0.2, 0) is 10.2 Å². The number of rotatable bonds is 4. The second kappa shape index (κ2) is 5.15. The quantitative estimate of drug-likeness (QED) is 0.778. The van der Waals surface area contributed by atoms with Crippen LogP contribution >= 0.6 is 0 Å². The van der Waals surface area contributed by atoms with Gasteiger partial charge in [-0.05, 0) is 23.1 Å². The molecule has 0 N–H and O–H groups in total. The van der Waals surface area contributed by atoms with E-state index in [0.29, 0.717) is 6.42 Å². The Hall–Kier alpha value is -1.31. The highest BCUT2D eigenvalue weighted by molar-refractivity contribution is 5.79. The predicted octanol–water partition coefficient (Wildman–Crippen LogP) is 3.34. The van der Waals surface area contributed by atoms with Crippen molar-refractivity contribution in [2.75, 3.05) is 6.61 Å². The first-order valence-corrected chi connectivity index (χ1v) is 5.68. The molecular weight excluding hydrogens is 200 g/mol. The van der Waals surface area contributed by atoms with Crippen molar-refractivity contribution < 1.29 is 9.53 Å². The van der Waals surface area contributed by atoms with Gasteiger partial charge >= 0.3 is 0 Å². The Balaban J connectivity index is 2.72. The molecule has 0 aliphatic rings. The van der Waals surface area contributed by atoms with Crippen LogP contribution in [0.25, 0.3) is 0 Å². The number of carbonyl (C=O) groups excluding carboxylic acids is 1. The van der Waals surface area contributed by atoms with E-state index in [9.17, 15) is 4.79 Å². The van der Waals surface area contributed by atoms with Crippen molar-refractivity contribution in [3.05, 3.63) is 29.8 Å². The molecule has 0 amide bonds. The number of hydrogen-bond donors (Lipinski definition) is 0. The van der Waals surface area contributed by atoms with Crippen LogP contribution in [0.1, 0.15) is 39.7 Å². The molecule has 1 rings (SSSR count). The molecule has 1 aromatic rings. The van der Waals surface area contributed by atoms with Crippen LogP contribution in [-0.4, -0.2) is 12.4 Å². The van der Waals surface area contributed by atoms with E-state index >= 15 is 0 Å². The molecule has 2 nitrogen and oxygen atoms in total. The van der Waals surface area contributed by atoms with E-state index in [4.69, 9.17) is 4.74 Å². The molecular formula is C14H20O2. The molecule has 0 saturated carbocycles. The van der Waals surface area contributed by atoms with Crippen LogP contribution in [0, 0.1) is 0 Å². The maximum Gasteiger partial charge on any atom is 0.169 e. The topological polar surface area (TPSA) is 26.3 Å². The summed E-state index contributed by atoms with van der Waals surface area (Å²) in [6.07, 6.45) is 0.527. The lowest BCUT2D eigenvalue weighted by atomic mass is 9.87. The Kier molecular flexibility index (Phi) is 4.11. The van der Waals surface area contributed by atoms with Crippen molar-refractivity contribution in [1.29, 1.82) is 0 Å². The summed E-state index contributed by atoms with van der Waals surface area (Å²) in [7, 11) is 0. The van der Waals surface area contributed by atoms with E-state index in [2.05, 4.69) is 26.8 Å². The minimum absolute atomic E-state index is 0.105. The van der Waals surface area contributed by atoms with Crippen molar-refractivity contribution in [1.82, 2.24) is 0 Å². The second-order valence-electron chi connectivity index (χ2n) is 4.96. The first kappa shape index (κ1) is 12.8. The van der Waals surface area contributed by atoms with Gasteiger partial charge in [0.2, 0.25) is 0 Å². The van der Waals surface area contributed by atoms with E-state index in [0.717, 1.165) is 5.75 Å². The Morgan fingerprint density at radius 3 is 2.56 bits per heavy atom. The van der Waals surface area contributed by atoms with Crippen molar-refractivity contribution in [2.45, 2.75) is 39.5 Å². The largest absolute Gasteiger partial charge is 0.486 e.